The van der Waals surface area contributed by atoms with Crippen LogP contribution in [-0.4, -0.2) is 11.7 Å². The highest BCUT2D eigenvalue weighted by Crippen LogP contribution is 2.37. The number of nitrogens with one attached hydrogen (secondary N) is 1. The average molecular weight is 262 g/mol. The van der Waals surface area contributed by atoms with Gasteiger partial charge in [0.15, 0.2) is 0 Å². The van der Waals surface area contributed by atoms with Crippen LogP contribution in [0.25, 0.3) is 0 Å². The van der Waals surface area contributed by atoms with E-state index in [1.807, 2.05) is 45.9 Å². The molecule has 1 atom stereocenters. The van der Waals surface area contributed by atoms with E-state index in [0.717, 1.165) is 24.1 Å². The zero-order valence-electron chi connectivity index (χ0n) is 12.0. The molecule has 19 heavy (non-hydrogen) atoms. The van der Waals surface area contributed by atoms with Crippen LogP contribution in [0.5, 0.6) is 0 Å². The fourth-order valence-corrected chi connectivity index (χ4v) is 2.54. The highest BCUT2D eigenvalue weighted by Gasteiger charge is 2.36. The number of alkyl carbamates (subject to hydrolysis) is 1. The number of nitrogen functional groups attached to an aromatic ring is 1. The number of hydrogen-bond acceptors (Lipinski definition) is 3. The SMILES string of the molecule is CC(C)(C)OC(=O)NC1(C)CCc2cc(N)ccc21. The Balaban J connectivity index is 2.16. The quantitative estimate of drug-likeness (QED) is 0.765. The fraction of sp³-hybridized carbons (Fsp3) is 0.533. The van der Waals surface area contributed by atoms with Crippen molar-refractivity contribution in [2.75, 3.05) is 5.73 Å². The van der Waals surface area contributed by atoms with Crippen LogP contribution in [-0.2, 0) is 16.7 Å². The maximum absolute atomic E-state index is 11.9. The molecule has 0 heterocycles. The number of ether oxygens (including phenoxy) is 1. The van der Waals surface area contributed by atoms with E-state index >= 15 is 0 Å². The first kappa shape index (κ1) is 13.7. The van der Waals surface area contributed by atoms with E-state index in [1.165, 1.54) is 5.56 Å². The second-order valence-electron chi connectivity index (χ2n) is 6.38. The molecule has 1 aliphatic carbocycles. The minimum atomic E-state index is -0.483. The molecule has 4 nitrogen and oxygen atoms in total. The summed E-state index contributed by atoms with van der Waals surface area (Å²) in [5.41, 5.74) is 8.04. The second kappa shape index (κ2) is 4.44. The minimum Gasteiger partial charge on any atom is -0.444 e. The molecule has 1 aliphatic rings. The van der Waals surface area contributed by atoms with Crippen LogP contribution in [0.15, 0.2) is 18.2 Å². The molecule has 0 aliphatic heterocycles. The molecule has 1 aromatic carbocycles. The second-order valence-corrected chi connectivity index (χ2v) is 6.38. The van der Waals surface area contributed by atoms with Gasteiger partial charge in [0.25, 0.3) is 0 Å². The van der Waals surface area contributed by atoms with Gasteiger partial charge in [0, 0.05) is 5.69 Å². The summed E-state index contributed by atoms with van der Waals surface area (Å²) in [5.74, 6) is 0. The first-order valence-corrected chi connectivity index (χ1v) is 6.60. The zero-order chi connectivity index (χ0) is 14.3. The number of aryl methyl sites for hydroxylation is 1. The summed E-state index contributed by atoms with van der Waals surface area (Å²) < 4.78 is 5.33. The van der Waals surface area contributed by atoms with Gasteiger partial charge in [-0.15, -0.1) is 0 Å². The lowest BCUT2D eigenvalue weighted by Crippen LogP contribution is -2.44. The van der Waals surface area contributed by atoms with E-state index in [9.17, 15) is 4.79 Å². The Morgan fingerprint density at radius 3 is 2.74 bits per heavy atom. The normalized spacial score (nSPS) is 21.9. The highest BCUT2D eigenvalue weighted by molar-refractivity contribution is 5.70. The van der Waals surface area contributed by atoms with Crippen LogP contribution in [0.2, 0.25) is 0 Å². The summed E-state index contributed by atoms with van der Waals surface area (Å²) in [4.78, 5) is 11.9. The van der Waals surface area contributed by atoms with Gasteiger partial charge in [-0.05, 0) is 63.8 Å². The summed E-state index contributed by atoms with van der Waals surface area (Å²) >= 11 is 0. The lowest BCUT2D eigenvalue weighted by atomic mass is 9.94. The Bertz CT molecular complexity index is 505. The van der Waals surface area contributed by atoms with Gasteiger partial charge in [0.2, 0.25) is 0 Å². The van der Waals surface area contributed by atoms with Crippen molar-refractivity contribution in [3.05, 3.63) is 29.3 Å². The van der Waals surface area contributed by atoms with Gasteiger partial charge in [0.1, 0.15) is 5.60 Å². The molecule has 0 aromatic heterocycles. The number of amides is 1. The minimum absolute atomic E-state index is 0.370. The van der Waals surface area contributed by atoms with Crippen LogP contribution in [0.4, 0.5) is 10.5 Å². The lowest BCUT2D eigenvalue weighted by Gasteiger charge is -2.29. The van der Waals surface area contributed by atoms with E-state index in [-0.39, 0.29) is 11.6 Å². The van der Waals surface area contributed by atoms with E-state index in [2.05, 4.69) is 5.32 Å². The van der Waals surface area contributed by atoms with Gasteiger partial charge >= 0.3 is 6.09 Å². The standard InChI is InChI=1S/C15H22N2O2/c1-14(2,3)19-13(18)17-15(4)8-7-10-9-11(16)5-6-12(10)15/h5-6,9H,7-8,16H2,1-4H3,(H,17,18). The lowest BCUT2D eigenvalue weighted by molar-refractivity contribution is 0.0461. The third kappa shape index (κ3) is 3.00. The highest BCUT2D eigenvalue weighted by atomic mass is 16.6. The van der Waals surface area contributed by atoms with Crippen molar-refractivity contribution >= 4 is 11.8 Å². The Labute approximate surface area is 114 Å². The first-order chi connectivity index (χ1) is 8.70. The summed E-state index contributed by atoms with van der Waals surface area (Å²) in [6.07, 6.45) is 1.41. The van der Waals surface area contributed by atoms with Crippen molar-refractivity contribution in [3.8, 4) is 0 Å². The molecule has 0 bridgehead atoms. The largest absolute Gasteiger partial charge is 0.444 e. The molecule has 1 amide bonds. The maximum Gasteiger partial charge on any atom is 0.408 e. The number of hydrogen-bond donors (Lipinski definition) is 2. The number of rotatable bonds is 1. The molecular weight excluding hydrogens is 240 g/mol. The van der Waals surface area contributed by atoms with E-state index in [4.69, 9.17) is 10.5 Å². The molecule has 104 valence electrons. The van der Waals surface area contributed by atoms with Crippen molar-refractivity contribution < 1.29 is 9.53 Å². The van der Waals surface area contributed by atoms with Gasteiger partial charge < -0.3 is 15.8 Å². The smallest absolute Gasteiger partial charge is 0.408 e. The number of benzene rings is 1. The number of carbonyl (C=O) groups is 1. The van der Waals surface area contributed by atoms with E-state index in [1.54, 1.807) is 0 Å². The van der Waals surface area contributed by atoms with E-state index < -0.39 is 5.60 Å². The Hall–Kier alpha value is -1.71. The first-order valence-electron chi connectivity index (χ1n) is 6.60. The molecule has 0 spiro atoms. The molecule has 3 N–H and O–H groups in total. The zero-order valence-corrected chi connectivity index (χ0v) is 12.0. The number of carbonyl (C=O) groups excluding carboxylic acids is 1. The molecule has 2 rings (SSSR count). The van der Waals surface area contributed by atoms with Crippen LogP contribution < -0.4 is 11.1 Å². The van der Waals surface area contributed by atoms with Crippen molar-refractivity contribution in [2.45, 2.75) is 51.7 Å². The molecular formula is C15H22N2O2. The summed E-state index contributed by atoms with van der Waals surface area (Å²) in [6, 6.07) is 5.85. The molecule has 0 saturated heterocycles. The molecule has 0 saturated carbocycles. The van der Waals surface area contributed by atoms with Crippen LogP contribution in [0.3, 0.4) is 0 Å². The third-order valence-corrected chi connectivity index (χ3v) is 3.39. The predicted molar refractivity (Wildman–Crippen MR) is 75.9 cm³/mol. The number of anilines is 1. The van der Waals surface area contributed by atoms with Crippen molar-refractivity contribution in [1.29, 1.82) is 0 Å². The molecule has 4 heteroatoms. The van der Waals surface area contributed by atoms with E-state index in [0.29, 0.717) is 0 Å². The summed E-state index contributed by atoms with van der Waals surface area (Å²) in [5, 5.41) is 2.99. The topological polar surface area (TPSA) is 64.3 Å². The van der Waals surface area contributed by atoms with Crippen molar-refractivity contribution in [2.24, 2.45) is 0 Å². The van der Waals surface area contributed by atoms with Gasteiger partial charge in [-0.1, -0.05) is 6.07 Å². The molecule has 1 aromatic rings. The van der Waals surface area contributed by atoms with Gasteiger partial charge in [-0.25, -0.2) is 4.79 Å². The summed E-state index contributed by atoms with van der Waals surface area (Å²) in [7, 11) is 0. The predicted octanol–water partition coefficient (Wildman–Crippen LogP) is 2.95. The van der Waals surface area contributed by atoms with Crippen LogP contribution in [0.1, 0.15) is 45.2 Å². The fourth-order valence-electron chi connectivity index (χ4n) is 2.54. The Morgan fingerprint density at radius 2 is 2.11 bits per heavy atom. The van der Waals surface area contributed by atoms with Crippen LogP contribution in [0, 0.1) is 0 Å². The number of fused-ring (bicyclic) bond motifs is 1. The van der Waals surface area contributed by atoms with Gasteiger partial charge in [-0.2, -0.15) is 0 Å². The third-order valence-electron chi connectivity index (χ3n) is 3.39. The monoisotopic (exact) mass is 262 g/mol. The maximum atomic E-state index is 11.9. The van der Waals surface area contributed by atoms with Crippen molar-refractivity contribution in [3.63, 3.8) is 0 Å². The summed E-state index contributed by atoms with van der Waals surface area (Å²) in [6.45, 7) is 7.60. The average Bonchev–Trinajstić information content (AvgIpc) is 2.52. The number of nitrogens with two attached hydrogens (primary N) is 1. The van der Waals surface area contributed by atoms with Gasteiger partial charge in [0.05, 0.1) is 5.54 Å². The van der Waals surface area contributed by atoms with Crippen molar-refractivity contribution in [1.82, 2.24) is 5.32 Å². The Morgan fingerprint density at radius 1 is 1.42 bits per heavy atom. The van der Waals surface area contributed by atoms with Gasteiger partial charge in [-0.3, -0.25) is 0 Å². The molecule has 1 unspecified atom stereocenters. The molecule has 0 fully saturated rings. The Kier molecular flexibility index (Phi) is 3.20. The molecule has 0 radical (unpaired) electrons. The van der Waals surface area contributed by atoms with Crippen LogP contribution >= 0.6 is 0 Å².